The van der Waals surface area contributed by atoms with Crippen molar-refractivity contribution >= 4 is 16.7 Å². The highest BCUT2D eigenvalue weighted by Crippen LogP contribution is 2.14. The Bertz CT molecular complexity index is 673. The SMILES string of the molecule is CCCCCCCNc1ccc2[nH]c(=O)c(=O)[nH]c2c1. The number of H-pyrrole nitrogens is 2. The zero-order valence-electron chi connectivity index (χ0n) is 11.8. The summed E-state index contributed by atoms with van der Waals surface area (Å²) in [4.78, 5) is 27.6. The zero-order chi connectivity index (χ0) is 14.4. The first-order valence-corrected chi connectivity index (χ1v) is 7.21. The molecule has 0 saturated carbocycles. The summed E-state index contributed by atoms with van der Waals surface area (Å²) in [5.74, 6) is 0. The van der Waals surface area contributed by atoms with Gasteiger partial charge in [-0.15, -0.1) is 0 Å². The molecule has 0 aliphatic carbocycles. The van der Waals surface area contributed by atoms with Gasteiger partial charge in [0.25, 0.3) is 0 Å². The second kappa shape index (κ2) is 6.93. The lowest BCUT2D eigenvalue weighted by Gasteiger charge is -2.07. The highest BCUT2D eigenvalue weighted by Gasteiger charge is 2.00. The molecule has 0 radical (unpaired) electrons. The van der Waals surface area contributed by atoms with E-state index in [2.05, 4.69) is 22.2 Å². The fraction of sp³-hybridized carbons (Fsp3) is 0.467. The zero-order valence-corrected chi connectivity index (χ0v) is 11.8. The monoisotopic (exact) mass is 275 g/mol. The van der Waals surface area contributed by atoms with Gasteiger partial charge < -0.3 is 15.3 Å². The number of rotatable bonds is 7. The Hall–Kier alpha value is -2.04. The summed E-state index contributed by atoms with van der Waals surface area (Å²) < 4.78 is 0. The number of anilines is 1. The van der Waals surface area contributed by atoms with Crippen LogP contribution in [-0.4, -0.2) is 16.5 Å². The lowest BCUT2D eigenvalue weighted by atomic mass is 10.1. The van der Waals surface area contributed by atoms with Crippen molar-refractivity contribution in [2.75, 3.05) is 11.9 Å². The first-order chi connectivity index (χ1) is 9.70. The van der Waals surface area contributed by atoms with Crippen LogP contribution in [0.5, 0.6) is 0 Å². The number of aromatic nitrogens is 2. The van der Waals surface area contributed by atoms with Gasteiger partial charge in [0.05, 0.1) is 11.0 Å². The van der Waals surface area contributed by atoms with Crippen molar-refractivity contribution in [3.05, 3.63) is 38.9 Å². The van der Waals surface area contributed by atoms with Gasteiger partial charge in [0.1, 0.15) is 0 Å². The van der Waals surface area contributed by atoms with E-state index in [0.717, 1.165) is 18.7 Å². The van der Waals surface area contributed by atoms with Crippen LogP contribution in [0.1, 0.15) is 39.0 Å². The van der Waals surface area contributed by atoms with E-state index in [9.17, 15) is 9.59 Å². The van der Waals surface area contributed by atoms with Crippen LogP contribution >= 0.6 is 0 Å². The maximum atomic E-state index is 11.3. The molecule has 20 heavy (non-hydrogen) atoms. The molecule has 0 spiro atoms. The molecule has 0 aliphatic heterocycles. The van der Waals surface area contributed by atoms with Crippen molar-refractivity contribution in [3.63, 3.8) is 0 Å². The largest absolute Gasteiger partial charge is 0.385 e. The van der Waals surface area contributed by atoms with Gasteiger partial charge in [-0.3, -0.25) is 9.59 Å². The maximum absolute atomic E-state index is 11.3. The van der Waals surface area contributed by atoms with Gasteiger partial charge in [0.15, 0.2) is 0 Å². The number of nitrogens with one attached hydrogen (secondary N) is 3. The van der Waals surface area contributed by atoms with E-state index in [1.54, 1.807) is 6.07 Å². The van der Waals surface area contributed by atoms with E-state index in [1.165, 1.54) is 25.7 Å². The number of aromatic amines is 2. The molecule has 1 aromatic heterocycles. The van der Waals surface area contributed by atoms with Gasteiger partial charge >= 0.3 is 11.1 Å². The molecule has 1 aromatic carbocycles. The van der Waals surface area contributed by atoms with Gasteiger partial charge in [-0.05, 0) is 24.6 Å². The summed E-state index contributed by atoms with van der Waals surface area (Å²) in [6, 6.07) is 5.55. The summed E-state index contributed by atoms with van der Waals surface area (Å²) in [6.45, 7) is 3.13. The number of hydrogen-bond donors (Lipinski definition) is 3. The second-order valence-corrected chi connectivity index (χ2v) is 5.01. The van der Waals surface area contributed by atoms with Crippen LogP contribution in [0.2, 0.25) is 0 Å². The minimum atomic E-state index is -0.617. The molecular formula is C15H21N3O2. The highest BCUT2D eigenvalue weighted by atomic mass is 16.2. The Labute approximate surface area is 117 Å². The summed E-state index contributed by atoms with van der Waals surface area (Å²) >= 11 is 0. The molecule has 0 fully saturated rings. The van der Waals surface area contributed by atoms with Crippen LogP contribution in [0.4, 0.5) is 5.69 Å². The van der Waals surface area contributed by atoms with Crippen LogP contribution in [0.3, 0.4) is 0 Å². The van der Waals surface area contributed by atoms with E-state index in [4.69, 9.17) is 0 Å². The molecule has 0 atom stereocenters. The molecule has 5 heteroatoms. The Morgan fingerprint density at radius 2 is 1.65 bits per heavy atom. The van der Waals surface area contributed by atoms with E-state index >= 15 is 0 Å². The lowest BCUT2D eigenvalue weighted by Crippen LogP contribution is -2.28. The predicted octanol–water partition coefficient (Wildman–Crippen LogP) is 2.60. The Kier molecular flexibility index (Phi) is 4.98. The van der Waals surface area contributed by atoms with E-state index in [1.807, 2.05) is 12.1 Å². The maximum Gasteiger partial charge on any atom is 0.314 e. The number of unbranched alkanes of at least 4 members (excludes halogenated alkanes) is 4. The van der Waals surface area contributed by atoms with Crippen LogP contribution in [0.15, 0.2) is 27.8 Å². The van der Waals surface area contributed by atoms with E-state index in [-0.39, 0.29) is 0 Å². The van der Waals surface area contributed by atoms with Crippen molar-refractivity contribution in [1.82, 2.24) is 9.97 Å². The predicted molar refractivity (Wildman–Crippen MR) is 82.4 cm³/mol. The standard InChI is InChI=1S/C15H21N3O2/c1-2-3-4-5-6-9-16-11-7-8-12-13(10-11)18-15(20)14(19)17-12/h7-8,10,16H,2-6,9H2,1H3,(H,17,19)(H,18,20). The Morgan fingerprint density at radius 3 is 2.40 bits per heavy atom. The van der Waals surface area contributed by atoms with Crippen LogP contribution in [0, 0.1) is 0 Å². The minimum absolute atomic E-state index is 0.616. The molecule has 5 nitrogen and oxygen atoms in total. The molecule has 0 amide bonds. The molecule has 0 bridgehead atoms. The van der Waals surface area contributed by atoms with Crippen molar-refractivity contribution in [1.29, 1.82) is 0 Å². The van der Waals surface area contributed by atoms with Crippen LogP contribution < -0.4 is 16.4 Å². The van der Waals surface area contributed by atoms with Gasteiger partial charge in [0.2, 0.25) is 0 Å². The second-order valence-electron chi connectivity index (χ2n) is 5.01. The fourth-order valence-electron chi connectivity index (χ4n) is 2.19. The normalized spacial score (nSPS) is 10.8. The molecule has 108 valence electrons. The van der Waals surface area contributed by atoms with Crippen molar-refractivity contribution in [2.45, 2.75) is 39.0 Å². The summed E-state index contributed by atoms with van der Waals surface area (Å²) in [5, 5.41) is 3.33. The lowest BCUT2D eigenvalue weighted by molar-refractivity contribution is 0.645. The van der Waals surface area contributed by atoms with Crippen molar-refractivity contribution in [2.24, 2.45) is 0 Å². The van der Waals surface area contributed by atoms with Crippen molar-refractivity contribution in [3.8, 4) is 0 Å². The third-order valence-corrected chi connectivity index (χ3v) is 3.33. The van der Waals surface area contributed by atoms with E-state index < -0.39 is 11.1 Å². The first-order valence-electron chi connectivity index (χ1n) is 7.21. The average molecular weight is 275 g/mol. The fourth-order valence-corrected chi connectivity index (χ4v) is 2.19. The summed E-state index contributed by atoms with van der Waals surface area (Å²) in [5.41, 5.74) is 1.01. The molecule has 0 saturated heterocycles. The molecule has 1 heterocycles. The van der Waals surface area contributed by atoms with Crippen molar-refractivity contribution < 1.29 is 0 Å². The molecule has 0 unspecified atom stereocenters. The summed E-state index contributed by atoms with van der Waals surface area (Å²) in [7, 11) is 0. The molecule has 3 N–H and O–H groups in total. The van der Waals surface area contributed by atoms with Gasteiger partial charge in [-0.25, -0.2) is 0 Å². The molecule has 2 aromatic rings. The van der Waals surface area contributed by atoms with Gasteiger partial charge in [-0.1, -0.05) is 32.6 Å². The summed E-state index contributed by atoms with van der Waals surface area (Å²) in [6.07, 6.45) is 6.21. The first kappa shape index (κ1) is 14.4. The van der Waals surface area contributed by atoms with E-state index in [0.29, 0.717) is 11.0 Å². The molecule has 0 aliphatic rings. The quantitative estimate of drug-likeness (QED) is 0.537. The van der Waals surface area contributed by atoms with Gasteiger partial charge in [-0.2, -0.15) is 0 Å². The number of benzene rings is 1. The number of fused-ring (bicyclic) bond motifs is 1. The van der Waals surface area contributed by atoms with Gasteiger partial charge in [0, 0.05) is 12.2 Å². The van der Waals surface area contributed by atoms with Crippen LogP contribution in [0.25, 0.3) is 11.0 Å². The molecule has 2 rings (SSSR count). The Balaban J connectivity index is 1.96. The van der Waals surface area contributed by atoms with Crippen LogP contribution in [-0.2, 0) is 0 Å². The third-order valence-electron chi connectivity index (χ3n) is 3.33. The Morgan fingerprint density at radius 1 is 0.950 bits per heavy atom. The highest BCUT2D eigenvalue weighted by molar-refractivity contribution is 5.78. The minimum Gasteiger partial charge on any atom is -0.385 e. The third kappa shape index (κ3) is 3.73. The number of hydrogen-bond acceptors (Lipinski definition) is 3. The molecular weight excluding hydrogens is 254 g/mol. The average Bonchev–Trinajstić information content (AvgIpc) is 2.44. The topological polar surface area (TPSA) is 77.8 Å². The smallest absolute Gasteiger partial charge is 0.314 e.